The minimum Gasteiger partial charge on any atom is -0.497 e. The maximum absolute atomic E-state index is 14.3. The van der Waals surface area contributed by atoms with E-state index in [1.165, 1.54) is 16.8 Å². The number of fused-ring (bicyclic) bond motifs is 1. The minimum absolute atomic E-state index is 0.118. The van der Waals surface area contributed by atoms with Crippen molar-refractivity contribution in [3.05, 3.63) is 78.4 Å². The number of hydrogen-bond donors (Lipinski definition) is 0. The Kier molecular flexibility index (Phi) is 5.18. The van der Waals surface area contributed by atoms with Crippen LogP contribution < -0.4 is 9.64 Å². The predicted molar refractivity (Wildman–Crippen MR) is 119 cm³/mol. The third kappa shape index (κ3) is 3.53. The van der Waals surface area contributed by atoms with Gasteiger partial charge in [0.05, 0.1) is 19.0 Å². The molecule has 32 heavy (non-hydrogen) atoms. The maximum Gasteiger partial charge on any atom is 0.259 e. The van der Waals surface area contributed by atoms with Gasteiger partial charge in [-0.1, -0.05) is 12.1 Å². The van der Waals surface area contributed by atoms with Crippen molar-refractivity contribution < 1.29 is 13.9 Å². The quantitative estimate of drug-likeness (QED) is 0.495. The number of anilines is 1. The zero-order valence-electron chi connectivity index (χ0n) is 17.6. The van der Waals surface area contributed by atoms with E-state index in [4.69, 9.17) is 4.74 Å². The first-order valence-electron chi connectivity index (χ1n) is 10.4. The second kappa shape index (κ2) is 8.30. The molecule has 4 aromatic rings. The average Bonchev–Trinajstić information content (AvgIpc) is 3.29. The van der Waals surface area contributed by atoms with Crippen LogP contribution in [-0.2, 0) is 0 Å². The number of nitrogens with zero attached hydrogens (tertiary/aromatic N) is 5. The maximum atomic E-state index is 14.3. The molecule has 162 valence electrons. The number of ether oxygens (including phenoxy) is 1. The Bertz CT molecular complexity index is 1260. The highest BCUT2D eigenvalue weighted by atomic mass is 19.1. The van der Waals surface area contributed by atoms with Crippen molar-refractivity contribution in [2.75, 3.05) is 38.2 Å². The molecule has 0 unspecified atom stereocenters. The van der Waals surface area contributed by atoms with Gasteiger partial charge in [-0.2, -0.15) is 5.10 Å². The second-order valence-electron chi connectivity index (χ2n) is 7.58. The molecule has 8 heteroatoms. The van der Waals surface area contributed by atoms with Crippen LogP contribution in [0.4, 0.5) is 10.1 Å². The third-order valence-corrected chi connectivity index (χ3v) is 5.79. The summed E-state index contributed by atoms with van der Waals surface area (Å²) in [5, 5.41) is 4.35. The Labute approximate surface area is 184 Å². The monoisotopic (exact) mass is 431 g/mol. The Morgan fingerprint density at radius 2 is 1.75 bits per heavy atom. The van der Waals surface area contributed by atoms with Crippen molar-refractivity contribution in [3.8, 4) is 17.0 Å². The predicted octanol–water partition coefficient (Wildman–Crippen LogP) is 3.51. The first-order valence-corrected chi connectivity index (χ1v) is 10.4. The fraction of sp³-hybridized carbons (Fsp3) is 0.208. The van der Waals surface area contributed by atoms with Gasteiger partial charge in [-0.25, -0.2) is 13.9 Å². The topological polar surface area (TPSA) is 63.0 Å². The van der Waals surface area contributed by atoms with Crippen LogP contribution in [0.15, 0.2) is 67.0 Å². The van der Waals surface area contributed by atoms with E-state index in [1.54, 1.807) is 37.6 Å². The number of rotatable bonds is 4. The van der Waals surface area contributed by atoms with Gasteiger partial charge in [0.1, 0.15) is 17.1 Å². The van der Waals surface area contributed by atoms with Gasteiger partial charge < -0.3 is 14.5 Å². The van der Waals surface area contributed by atoms with Crippen LogP contribution >= 0.6 is 0 Å². The van der Waals surface area contributed by atoms with Gasteiger partial charge in [-0.15, -0.1) is 0 Å². The summed E-state index contributed by atoms with van der Waals surface area (Å²) in [5.41, 5.74) is 2.91. The van der Waals surface area contributed by atoms with E-state index < -0.39 is 0 Å². The molecule has 7 nitrogen and oxygen atoms in total. The largest absolute Gasteiger partial charge is 0.497 e. The zero-order chi connectivity index (χ0) is 22.1. The van der Waals surface area contributed by atoms with E-state index in [2.05, 4.69) is 15.0 Å². The number of aromatic nitrogens is 3. The van der Waals surface area contributed by atoms with Gasteiger partial charge in [0.2, 0.25) is 0 Å². The fourth-order valence-electron chi connectivity index (χ4n) is 4.05. The zero-order valence-corrected chi connectivity index (χ0v) is 17.6. The Morgan fingerprint density at radius 3 is 2.47 bits per heavy atom. The molecule has 0 saturated carbocycles. The summed E-state index contributed by atoms with van der Waals surface area (Å²) >= 11 is 0. The lowest BCUT2D eigenvalue weighted by Gasteiger charge is -2.36. The van der Waals surface area contributed by atoms with Crippen LogP contribution in [0.3, 0.4) is 0 Å². The van der Waals surface area contributed by atoms with Crippen molar-refractivity contribution >= 4 is 17.2 Å². The van der Waals surface area contributed by atoms with Crippen molar-refractivity contribution in [3.63, 3.8) is 0 Å². The average molecular weight is 431 g/mol. The lowest BCUT2D eigenvalue weighted by atomic mass is 10.1. The van der Waals surface area contributed by atoms with Crippen LogP contribution in [0, 0.1) is 5.82 Å². The van der Waals surface area contributed by atoms with Crippen molar-refractivity contribution in [2.24, 2.45) is 0 Å². The SMILES string of the molecule is COc1ccc(N2CCN(C(=O)c3cnn4c(-c5ccccc5F)ccnc34)CC2)cc1. The molecule has 3 heterocycles. The van der Waals surface area contributed by atoms with E-state index in [9.17, 15) is 9.18 Å². The first kappa shape index (κ1) is 20.0. The number of hydrogen-bond acceptors (Lipinski definition) is 5. The van der Waals surface area contributed by atoms with Crippen LogP contribution in [-0.4, -0.2) is 58.7 Å². The molecule has 2 aromatic carbocycles. The van der Waals surface area contributed by atoms with E-state index in [-0.39, 0.29) is 11.7 Å². The number of amides is 1. The molecular formula is C24H22FN5O2. The molecule has 0 bridgehead atoms. The molecular weight excluding hydrogens is 409 g/mol. The minimum atomic E-state index is -0.349. The highest BCUT2D eigenvalue weighted by Gasteiger charge is 2.26. The normalized spacial score (nSPS) is 14.1. The number of halogens is 1. The summed E-state index contributed by atoms with van der Waals surface area (Å²) < 4.78 is 21.1. The van der Waals surface area contributed by atoms with Gasteiger partial charge in [0.15, 0.2) is 5.65 Å². The molecule has 0 aliphatic carbocycles. The summed E-state index contributed by atoms with van der Waals surface area (Å²) in [6.45, 7) is 2.64. The third-order valence-electron chi connectivity index (χ3n) is 5.79. The van der Waals surface area contributed by atoms with Gasteiger partial charge in [0, 0.05) is 43.6 Å². The molecule has 0 radical (unpaired) electrons. The van der Waals surface area contributed by atoms with E-state index in [1.807, 2.05) is 29.2 Å². The summed E-state index contributed by atoms with van der Waals surface area (Å²) in [5.74, 6) is 0.350. The van der Waals surface area contributed by atoms with E-state index in [0.29, 0.717) is 35.6 Å². The number of piperazine rings is 1. The van der Waals surface area contributed by atoms with Gasteiger partial charge >= 0.3 is 0 Å². The highest BCUT2D eigenvalue weighted by molar-refractivity contribution is 6.00. The molecule has 1 amide bonds. The standard InChI is InChI=1S/C24H22FN5O2/c1-32-18-8-6-17(7-9-18)28-12-14-29(15-13-28)24(31)20-16-27-30-22(10-11-26-23(20)30)19-4-2-3-5-21(19)25/h2-11,16H,12-15H2,1H3. The summed E-state index contributed by atoms with van der Waals surface area (Å²) in [7, 11) is 1.65. The lowest BCUT2D eigenvalue weighted by Crippen LogP contribution is -2.48. The molecule has 5 rings (SSSR count). The summed E-state index contributed by atoms with van der Waals surface area (Å²) in [6.07, 6.45) is 3.10. The van der Waals surface area contributed by atoms with E-state index in [0.717, 1.165) is 24.5 Å². The fourth-order valence-corrected chi connectivity index (χ4v) is 4.05. The van der Waals surface area contributed by atoms with Gasteiger partial charge in [0.25, 0.3) is 5.91 Å². The van der Waals surface area contributed by atoms with Crippen molar-refractivity contribution in [1.29, 1.82) is 0 Å². The smallest absolute Gasteiger partial charge is 0.259 e. The molecule has 2 aromatic heterocycles. The summed E-state index contributed by atoms with van der Waals surface area (Å²) in [4.78, 5) is 21.7. The molecule has 0 atom stereocenters. The number of benzene rings is 2. The Balaban J connectivity index is 1.36. The molecule has 0 spiro atoms. The van der Waals surface area contributed by atoms with Gasteiger partial charge in [-0.3, -0.25) is 4.79 Å². The van der Waals surface area contributed by atoms with Crippen LogP contribution in [0.2, 0.25) is 0 Å². The van der Waals surface area contributed by atoms with Crippen LogP contribution in [0.5, 0.6) is 5.75 Å². The highest BCUT2D eigenvalue weighted by Crippen LogP contribution is 2.25. The van der Waals surface area contributed by atoms with E-state index >= 15 is 0 Å². The molecule has 1 aliphatic rings. The first-order chi connectivity index (χ1) is 15.7. The number of carbonyl (C=O) groups is 1. The number of carbonyl (C=O) groups excluding carboxylic acids is 1. The molecule has 1 fully saturated rings. The molecule has 0 N–H and O–H groups in total. The second-order valence-corrected chi connectivity index (χ2v) is 7.58. The number of methoxy groups -OCH3 is 1. The Morgan fingerprint density at radius 1 is 1.00 bits per heavy atom. The molecule has 1 aliphatic heterocycles. The van der Waals surface area contributed by atoms with Crippen LogP contribution in [0.25, 0.3) is 16.9 Å². The lowest BCUT2D eigenvalue weighted by molar-refractivity contribution is 0.0748. The van der Waals surface area contributed by atoms with Crippen molar-refractivity contribution in [2.45, 2.75) is 0 Å². The van der Waals surface area contributed by atoms with Gasteiger partial charge in [-0.05, 0) is 42.5 Å². The summed E-state index contributed by atoms with van der Waals surface area (Å²) in [6, 6.07) is 16.1. The van der Waals surface area contributed by atoms with Crippen LogP contribution in [0.1, 0.15) is 10.4 Å². The molecule has 1 saturated heterocycles. The van der Waals surface area contributed by atoms with Crippen molar-refractivity contribution in [1.82, 2.24) is 19.5 Å². The Hall–Kier alpha value is -3.94.